The Balaban J connectivity index is 1.94. The predicted molar refractivity (Wildman–Crippen MR) is 119 cm³/mol. The minimum atomic E-state index is -4.94. The van der Waals surface area contributed by atoms with Crippen molar-refractivity contribution in [3.8, 4) is 11.5 Å². The highest BCUT2D eigenvalue weighted by Gasteiger charge is 2.61. The van der Waals surface area contributed by atoms with Crippen molar-refractivity contribution >= 4 is 5.91 Å². The number of amides is 1. The third kappa shape index (κ3) is 5.27. The monoisotopic (exact) mass is 465 g/mol. The summed E-state index contributed by atoms with van der Waals surface area (Å²) in [5.41, 5.74) is -0.457. The molecule has 33 heavy (non-hydrogen) atoms. The van der Waals surface area contributed by atoms with Gasteiger partial charge in [0.2, 0.25) is 0 Å². The molecule has 1 N–H and O–H groups in total. The van der Waals surface area contributed by atoms with Crippen LogP contribution in [0, 0.1) is 0 Å². The number of nitrogens with one attached hydrogen (secondary N) is 1. The summed E-state index contributed by atoms with van der Waals surface area (Å²) in [6.45, 7) is 1.27. The molecule has 0 aromatic heterocycles. The van der Waals surface area contributed by atoms with Crippen molar-refractivity contribution in [1.29, 1.82) is 0 Å². The fourth-order valence-corrected chi connectivity index (χ4v) is 4.21. The lowest BCUT2D eigenvalue weighted by atomic mass is 9.87. The summed E-state index contributed by atoms with van der Waals surface area (Å²) in [7, 11) is 2.89. The van der Waals surface area contributed by atoms with Crippen LogP contribution >= 0.6 is 0 Å². The smallest absolute Gasteiger partial charge is 0.430 e. The van der Waals surface area contributed by atoms with Crippen molar-refractivity contribution in [3.63, 3.8) is 0 Å². The summed E-state index contributed by atoms with van der Waals surface area (Å²) in [5.74, 6) is -0.502. The standard InChI is InChI=1S/C25H30F3NO4/c1-4-18-16-33-24(25(26,27)28,14-20(18)13-17-9-6-5-7-10-17)23(30)29-15-19-11-8-12-21(31-2)22(19)32-3/h4,8,11-14H,5-7,9-10,15-16H2,1-3H3,(H,29,30). The topological polar surface area (TPSA) is 56.8 Å². The highest BCUT2D eigenvalue weighted by atomic mass is 19.4. The van der Waals surface area contributed by atoms with Crippen molar-refractivity contribution in [2.45, 2.75) is 57.3 Å². The summed E-state index contributed by atoms with van der Waals surface area (Å²) >= 11 is 0. The van der Waals surface area contributed by atoms with Crippen molar-refractivity contribution in [2.75, 3.05) is 20.8 Å². The van der Waals surface area contributed by atoms with Crippen LogP contribution in [0.15, 0.2) is 53.1 Å². The lowest BCUT2D eigenvalue weighted by molar-refractivity contribution is -0.249. The first-order valence-electron chi connectivity index (χ1n) is 11.0. The summed E-state index contributed by atoms with van der Waals surface area (Å²) in [6.07, 6.45) is 4.39. The van der Waals surface area contributed by atoms with Gasteiger partial charge in [0, 0.05) is 12.1 Å². The molecule has 0 spiro atoms. The van der Waals surface area contributed by atoms with Crippen LogP contribution in [0.1, 0.15) is 44.6 Å². The number of methoxy groups -OCH3 is 2. The van der Waals surface area contributed by atoms with Crippen LogP contribution in [0.5, 0.6) is 11.5 Å². The molecule has 5 nitrogen and oxygen atoms in total. The van der Waals surface area contributed by atoms with E-state index in [0.717, 1.165) is 43.8 Å². The zero-order valence-corrected chi connectivity index (χ0v) is 19.2. The molecule has 1 heterocycles. The third-order valence-corrected chi connectivity index (χ3v) is 6.07. The molecule has 0 saturated heterocycles. The first-order valence-corrected chi connectivity index (χ1v) is 11.0. The van der Waals surface area contributed by atoms with E-state index in [0.29, 0.717) is 28.2 Å². The van der Waals surface area contributed by atoms with Gasteiger partial charge in [-0.15, -0.1) is 0 Å². The van der Waals surface area contributed by atoms with Gasteiger partial charge in [0.05, 0.1) is 20.8 Å². The maximum Gasteiger partial charge on any atom is 0.430 e. The van der Waals surface area contributed by atoms with Gasteiger partial charge in [-0.2, -0.15) is 13.2 Å². The van der Waals surface area contributed by atoms with Gasteiger partial charge < -0.3 is 19.5 Å². The molecule has 1 fully saturated rings. The second-order valence-corrected chi connectivity index (χ2v) is 8.13. The number of benzene rings is 1. The van der Waals surface area contributed by atoms with E-state index < -0.39 is 17.7 Å². The Morgan fingerprint density at radius 2 is 1.91 bits per heavy atom. The highest BCUT2D eigenvalue weighted by molar-refractivity contribution is 5.89. The van der Waals surface area contributed by atoms with Crippen molar-refractivity contribution in [3.05, 3.63) is 58.7 Å². The van der Waals surface area contributed by atoms with Crippen LogP contribution in [-0.2, 0) is 16.1 Å². The van der Waals surface area contributed by atoms with Gasteiger partial charge in [0.25, 0.3) is 11.5 Å². The van der Waals surface area contributed by atoms with E-state index in [1.807, 2.05) is 0 Å². The van der Waals surface area contributed by atoms with Gasteiger partial charge in [-0.25, -0.2) is 0 Å². The Morgan fingerprint density at radius 1 is 1.18 bits per heavy atom. The SMILES string of the molecule is CC=C1COC(C(=O)NCc2cccc(OC)c2OC)(C(F)(F)F)C=C1C=C1CCCCC1. The molecule has 0 bridgehead atoms. The molecule has 1 aromatic rings. The molecule has 1 unspecified atom stereocenters. The van der Waals surface area contributed by atoms with Gasteiger partial charge in [-0.05, 0) is 55.9 Å². The number of carbonyl (C=O) groups excluding carboxylic acids is 1. The Kier molecular flexibility index (Phi) is 7.89. The first-order chi connectivity index (χ1) is 15.8. The van der Waals surface area contributed by atoms with Crippen LogP contribution in [0.2, 0.25) is 0 Å². The van der Waals surface area contributed by atoms with E-state index in [-0.39, 0.29) is 13.2 Å². The zero-order valence-electron chi connectivity index (χ0n) is 19.2. The van der Waals surface area contributed by atoms with Crippen LogP contribution in [0.3, 0.4) is 0 Å². The Hall–Kier alpha value is -2.74. The largest absolute Gasteiger partial charge is 0.493 e. The molecule has 1 saturated carbocycles. The molecule has 2 aliphatic rings. The number of allylic oxidation sites excluding steroid dienone is 3. The second-order valence-electron chi connectivity index (χ2n) is 8.13. The molecule has 3 rings (SSSR count). The summed E-state index contributed by atoms with van der Waals surface area (Å²) in [5, 5.41) is 2.39. The molecule has 1 amide bonds. The Bertz CT molecular complexity index is 957. The van der Waals surface area contributed by atoms with E-state index in [1.165, 1.54) is 14.2 Å². The second kappa shape index (κ2) is 10.5. The van der Waals surface area contributed by atoms with E-state index in [1.54, 1.807) is 37.3 Å². The Morgan fingerprint density at radius 3 is 2.52 bits per heavy atom. The fourth-order valence-electron chi connectivity index (χ4n) is 4.21. The quantitative estimate of drug-likeness (QED) is 0.610. The molecular weight excluding hydrogens is 435 g/mol. The van der Waals surface area contributed by atoms with Crippen molar-refractivity contribution in [1.82, 2.24) is 5.32 Å². The minimum absolute atomic E-state index is 0.179. The number of carbonyl (C=O) groups is 1. The number of hydrogen-bond acceptors (Lipinski definition) is 4. The highest BCUT2D eigenvalue weighted by Crippen LogP contribution is 2.41. The summed E-state index contributed by atoms with van der Waals surface area (Å²) in [6, 6.07) is 4.99. The fraction of sp³-hybridized carbons (Fsp3) is 0.480. The molecule has 8 heteroatoms. The number of halogens is 3. The molecule has 1 aliphatic heterocycles. The van der Waals surface area contributed by atoms with E-state index in [9.17, 15) is 18.0 Å². The number of alkyl halides is 3. The molecule has 1 atom stereocenters. The van der Waals surface area contributed by atoms with Crippen molar-refractivity contribution in [2.24, 2.45) is 0 Å². The van der Waals surface area contributed by atoms with Gasteiger partial charge in [-0.3, -0.25) is 4.79 Å². The van der Waals surface area contributed by atoms with Crippen LogP contribution in [0.25, 0.3) is 0 Å². The summed E-state index contributed by atoms with van der Waals surface area (Å²) in [4.78, 5) is 13.0. The van der Waals surface area contributed by atoms with Gasteiger partial charge in [0.15, 0.2) is 11.5 Å². The van der Waals surface area contributed by atoms with Crippen LogP contribution < -0.4 is 14.8 Å². The normalized spacial score (nSPS) is 22.5. The molecular formula is C25H30F3NO4. The average molecular weight is 466 g/mol. The van der Waals surface area contributed by atoms with E-state index >= 15 is 0 Å². The third-order valence-electron chi connectivity index (χ3n) is 6.07. The van der Waals surface area contributed by atoms with Gasteiger partial charge in [-0.1, -0.05) is 36.3 Å². The average Bonchev–Trinajstić information content (AvgIpc) is 2.81. The van der Waals surface area contributed by atoms with Crippen LogP contribution in [0.4, 0.5) is 13.2 Å². The maximum absolute atomic E-state index is 14.3. The first kappa shape index (κ1) is 24.9. The van der Waals surface area contributed by atoms with E-state index in [4.69, 9.17) is 14.2 Å². The Labute approximate surface area is 192 Å². The number of ether oxygens (including phenoxy) is 3. The predicted octanol–water partition coefficient (Wildman–Crippen LogP) is 5.41. The van der Waals surface area contributed by atoms with Gasteiger partial charge in [0.1, 0.15) is 0 Å². The lowest BCUT2D eigenvalue weighted by Crippen LogP contribution is -2.59. The van der Waals surface area contributed by atoms with E-state index in [2.05, 4.69) is 5.32 Å². The number of hydrogen-bond donors (Lipinski definition) is 1. The molecule has 1 aliphatic carbocycles. The molecule has 180 valence electrons. The minimum Gasteiger partial charge on any atom is -0.493 e. The number of para-hydroxylation sites is 1. The van der Waals surface area contributed by atoms with Crippen LogP contribution in [-0.4, -0.2) is 38.5 Å². The van der Waals surface area contributed by atoms with Crippen molar-refractivity contribution < 1.29 is 32.2 Å². The zero-order chi connectivity index (χ0) is 24.1. The lowest BCUT2D eigenvalue weighted by Gasteiger charge is -2.36. The summed E-state index contributed by atoms with van der Waals surface area (Å²) < 4.78 is 58.7. The maximum atomic E-state index is 14.3. The molecule has 1 aromatic carbocycles. The molecule has 0 radical (unpaired) electrons. The van der Waals surface area contributed by atoms with Gasteiger partial charge >= 0.3 is 6.18 Å². The number of rotatable bonds is 6.